The van der Waals surface area contributed by atoms with Crippen LogP contribution in [0.2, 0.25) is 0 Å². The average Bonchev–Trinajstić information content (AvgIpc) is 2.65. The first kappa shape index (κ1) is 8.94. The van der Waals surface area contributed by atoms with Crippen molar-refractivity contribution in [2.24, 2.45) is 0 Å². The number of pyridine rings is 1. The van der Waals surface area contributed by atoms with E-state index in [1.165, 1.54) is 0 Å². The first-order valence-corrected chi connectivity index (χ1v) is 4.76. The van der Waals surface area contributed by atoms with E-state index in [-0.39, 0.29) is 0 Å². The van der Waals surface area contributed by atoms with Crippen molar-refractivity contribution in [2.45, 2.75) is 20.3 Å². The molecule has 0 aliphatic carbocycles. The number of aromatic nitrogens is 3. The molecule has 0 saturated carbocycles. The third-order valence-electron chi connectivity index (χ3n) is 2.20. The molecule has 0 unspecified atom stereocenters. The fourth-order valence-corrected chi connectivity index (χ4v) is 1.36. The van der Waals surface area contributed by atoms with Crippen LogP contribution in [-0.2, 0) is 6.42 Å². The van der Waals surface area contributed by atoms with Crippen LogP contribution in [0.1, 0.15) is 18.4 Å². The first-order valence-electron chi connectivity index (χ1n) is 4.76. The first-order chi connectivity index (χ1) is 6.79. The van der Waals surface area contributed by atoms with Gasteiger partial charge in [-0.15, -0.1) is 0 Å². The Hall–Kier alpha value is -1.64. The van der Waals surface area contributed by atoms with Gasteiger partial charge in [0.1, 0.15) is 5.82 Å². The van der Waals surface area contributed by atoms with E-state index >= 15 is 0 Å². The van der Waals surface area contributed by atoms with Crippen LogP contribution >= 0.6 is 0 Å². The molecule has 0 bridgehead atoms. The molecule has 0 aliphatic rings. The summed E-state index contributed by atoms with van der Waals surface area (Å²) in [6, 6.07) is 4.12. The van der Waals surface area contributed by atoms with Gasteiger partial charge in [0.25, 0.3) is 0 Å². The highest BCUT2D eigenvalue weighted by atomic mass is 14.9. The largest absolute Gasteiger partial charge is 0.342 e. The molecule has 72 valence electrons. The van der Waals surface area contributed by atoms with E-state index in [1.54, 1.807) is 0 Å². The summed E-state index contributed by atoms with van der Waals surface area (Å²) in [5, 5.41) is 0. The van der Waals surface area contributed by atoms with Crippen LogP contribution in [0, 0.1) is 6.92 Å². The molecule has 0 radical (unpaired) electrons. The molecule has 0 atom stereocenters. The minimum atomic E-state index is 0.930. The quantitative estimate of drug-likeness (QED) is 0.784. The Labute approximate surface area is 83.2 Å². The van der Waals surface area contributed by atoms with Gasteiger partial charge in [-0.3, -0.25) is 4.98 Å². The number of aromatic amines is 1. The molecule has 2 aromatic heterocycles. The maximum absolute atomic E-state index is 4.34. The zero-order valence-corrected chi connectivity index (χ0v) is 8.41. The van der Waals surface area contributed by atoms with Crippen LogP contribution in [0.15, 0.2) is 24.5 Å². The lowest BCUT2D eigenvalue weighted by molar-refractivity contribution is 1.04. The van der Waals surface area contributed by atoms with E-state index in [4.69, 9.17) is 0 Å². The van der Waals surface area contributed by atoms with Crippen molar-refractivity contribution in [2.75, 3.05) is 0 Å². The Morgan fingerprint density at radius 2 is 2.07 bits per heavy atom. The second-order valence-electron chi connectivity index (χ2n) is 3.27. The van der Waals surface area contributed by atoms with Crippen molar-refractivity contribution in [3.8, 4) is 11.3 Å². The highest BCUT2D eigenvalue weighted by molar-refractivity contribution is 5.57. The molecular weight excluding hydrogens is 174 g/mol. The van der Waals surface area contributed by atoms with Gasteiger partial charge in [0.15, 0.2) is 0 Å². The SMILES string of the molecule is CCc1ccc(-c2cnc(C)[nH]2)cn1. The standard InChI is InChI=1S/C11H13N3/c1-3-10-5-4-9(6-13-10)11-7-12-8(2)14-11/h4-7H,3H2,1-2H3,(H,12,14). The summed E-state index contributed by atoms with van der Waals surface area (Å²) < 4.78 is 0. The Kier molecular flexibility index (Phi) is 2.31. The molecule has 0 saturated heterocycles. The number of H-pyrrole nitrogens is 1. The molecule has 14 heavy (non-hydrogen) atoms. The second-order valence-corrected chi connectivity index (χ2v) is 3.27. The van der Waals surface area contributed by atoms with Crippen LogP contribution < -0.4 is 0 Å². The normalized spacial score (nSPS) is 10.4. The van der Waals surface area contributed by atoms with E-state index in [1.807, 2.05) is 25.4 Å². The Morgan fingerprint density at radius 3 is 2.57 bits per heavy atom. The van der Waals surface area contributed by atoms with E-state index < -0.39 is 0 Å². The monoisotopic (exact) mass is 187 g/mol. The zero-order chi connectivity index (χ0) is 9.97. The number of hydrogen-bond acceptors (Lipinski definition) is 2. The number of nitrogens with zero attached hydrogens (tertiary/aromatic N) is 2. The van der Waals surface area contributed by atoms with E-state index in [0.717, 1.165) is 29.2 Å². The van der Waals surface area contributed by atoms with Gasteiger partial charge >= 0.3 is 0 Å². The third kappa shape index (κ3) is 1.66. The van der Waals surface area contributed by atoms with Gasteiger partial charge in [0.05, 0.1) is 11.9 Å². The molecule has 0 fully saturated rings. The van der Waals surface area contributed by atoms with E-state index in [0.29, 0.717) is 0 Å². The van der Waals surface area contributed by atoms with Crippen molar-refractivity contribution < 1.29 is 0 Å². The third-order valence-corrected chi connectivity index (χ3v) is 2.20. The maximum Gasteiger partial charge on any atom is 0.103 e. The number of aryl methyl sites for hydroxylation is 2. The molecule has 0 amide bonds. The van der Waals surface area contributed by atoms with Gasteiger partial charge in [-0.05, 0) is 25.5 Å². The number of imidazole rings is 1. The second kappa shape index (κ2) is 3.62. The summed E-state index contributed by atoms with van der Waals surface area (Å²) in [6.45, 7) is 4.04. The minimum absolute atomic E-state index is 0.930. The zero-order valence-electron chi connectivity index (χ0n) is 8.41. The number of hydrogen-bond donors (Lipinski definition) is 1. The molecule has 2 aromatic rings. The highest BCUT2D eigenvalue weighted by Crippen LogP contribution is 2.15. The summed E-state index contributed by atoms with van der Waals surface area (Å²) in [7, 11) is 0. The van der Waals surface area contributed by atoms with Crippen molar-refractivity contribution in [1.82, 2.24) is 15.0 Å². The van der Waals surface area contributed by atoms with Crippen LogP contribution in [0.5, 0.6) is 0 Å². The molecule has 3 heteroatoms. The van der Waals surface area contributed by atoms with Gasteiger partial charge in [-0.2, -0.15) is 0 Å². The van der Waals surface area contributed by atoms with Gasteiger partial charge in [-0.1, -0.05) is 6.92 Å². The van der Waals surface area contributed by atoms with E-state index in [2.05, 4.69) is 27.9 Å². The summed E-state index contributed by atoms with van der Waals surface area (Å²) >= 11 is 0. The smallest absolute Gasteiger partial charge is 0.103 e. The lowest BCUT2D eigenvalue weighted by Crippen LogP contribution is -1.86. The molecule has 3 nitrogen and oxygen atoms in total. The van der Waals surface area contributed by atoms with Gasteiger partial charge in [0.2, 0.25) is 0 Å². The van der Waals surface area contributed by atoms with Crippen molar-refractivity contribution >= 4 is 0 Å². The average molecular weight is 187 g/mol. The number of rotatable bonds is 2. The predicted octanol–water partition coefficient (Wildman–Crippen LogP) is 2.34. The molecule has 2 rings (SSSR count). The number of nitrogens with one attached hydrogen (secondary N) is 1. The summed E-state index contributed by atoms with van der Waals surface area (Å²) in [5.74, 6) is 0.930. The Balaban J connectivity index is 2.33. The molecule has 0 aliphatic heterocycles. The maximum atomic E-state index is 4.34. The van der Waals surface area contributed by atoms with Crippen LogP contribution in [0.4, 0.5) is 0 Å². The van der Waals surface area contributed by atoms with Gasteiger partial charge < -0.3 is 4.98 Å². The fraction of sp³-hybridized carbons (Fsp3) is 0.273. The minimum Gasteiger partial charge on any atom is -0.342 e. The fourth-order valence-electron chi connectivity index (χ4n) is 1.36. The highest BCUT2D eigenvalue weighted by Gasteiger charge is 2.00. The summed E-state index contributed by atoms with van der Waals surface area (Å²) in [4.78, 5) is 11.7. The lowest BCUT2D eigenvalue weighted by atomic mass is 10.2. The van der Waals surface area contributed by atoms with Crippen molar-refractivity contribution in [3.05, 3.63) is 36.0 Å². The Bertz CT molecular complexity index is 414. The Morgan fingerprint density at radius 1 is 1.21 bits per heavy atom. The van der Waals surface area contributed by atoms with Crippen molar-refractivity contribution in [1.29, 1.82) is 0 Å². The molecule has 2 heterocycles. The van der Waals surface area contributed by atoms with Gasteiger partial charge in [-0.25, -0.2) is 4.98 Å². The summed E-state index contributed by atoms with van der Waals surface area (Å²) in [6.07, 6.45) is 4.69. The lowest BCUT2D eigenvalue weighted by Gasteiger charge is -1.98. The summed E-state index contributed by atoms with van der Waals surface area (Å²) in [5.41, 5.74) is 3.23. The molecule has 0 spiro atoms. The van der Waals surface area contributed by atoms with Crippen LogP contribution in [0.3, 0.4) is 0 Å². The molecular formula is C11H13N3. The van der Waals surface area contributed by atoms with Crippen LogP contribution in [-0.4, -0.2) is 15.0 Å². The molecule has 0 aromatic carbocycles. The van der Waals surface area contributed by atoms with Crippen molar-refractivity contribution in [3.63, 3.8) is 0 Å². The van der Waals surface area contributed by atoms with Gasteiger partial charge in [0, 0.05) is 17.5 Å². The molecule has 1 N–H and O–H groups in total. The van der Waals surface area contributed by atoms with Crippen LogP contribution in [0.25, 0.3) is 11.3 Å². The van der Waals surface area contributed by atoms with E-state index in [9.17, 15) is 0 Å². The predicted molar refractivity (Wildman–Crippen MR) is 55.9 cm³/mol. The topological polar surface area (TPSA) is 41.6 Å².